The zero-order chi connectivity index (χ0) is 33.5. The van der Waals surface area contributed by atoms with Crippen LogP contribution in [-0.4, -0.2) is 19.5 Å². The van der Waals surface area contributed by atoms with Gasteiger partial charge in [-0.3, -0.25) is 4.57 Å². The summed E-state index contributed by atoms with van der Waals surface area (Å²) in [7, 11) is 0. The predicted octanol–water partition coefficient (Wildman–Crippen LogP) is 11.8. The lowest BCUT2D eigenvalue weighted by Crippen LogP contribution is -2.06. The van der Waals surface area contributed by atoms with Crippen LogP contribution in [0.5, 0.6) is 0 Å². The summed E-state index contributed by atoms with van der Waals surface area (Å²) in [6.45, 7) is 0. The quantitative estimate of drug-likeness (QED) is 0.189. The average Bonchev–Trinajstić information content (AvgIpc) is 3.86. The van der Waals surface area contributed by atoms with Gasteiger partial charge in [0.15, 0.2) is 11.6 Å². The van der Waals surface area contributed by atoms with Crippen LogP contribution in [0.1, 0.15) is 0 Å². The summed E-state index contributed by atoms with van der Waals surface area (Å²) < 4.78 is 14.7. The van der Waals surface area contributed by atoms with E-state index in [0.717, 1.165) is 87.9 Å². The lowest BCUT2D eigenvalue weighted by Gasteiger charge is -2.10. The molecule has 6 heteroatoms. The fourth-order valence-corrected chi connectivity index (χ4v) is 7.45. The van der Waals surface area contributed by atoms with E-state index in [1.54, 1.807) is 0 Å². The SMILES string of the molecule is c1ccc(-c2nc(-c3ccc4c(c3)oc3ccc(-c5ccc6oc7ccccc7c6c5)cc34)nc(-n3c4ccccc4c4ccccc43)n2)cc1. The molecule has 4 aromatic heterocycles. The smallest absolute Gasteiger partial charge is 0.238 e. The van der Waals surface area contributed by atoms with E-state index in [4.69, 9.17) is 23.8 Å². The van der Waals surface area contributed by atoms with Crippen molar-refractivity contribution in [1.29, 1.82) is 0 Å². The molecule has 0 atom stereocenters. The Morgan fingerprint density at radius 3 is 1.53 bits per heavy atom. The second kappa shape index (κ2) is 10.7. The van der Waals surface area contributed by atoms with Gasteiger partial charge in [-0.15, -0.1) is 0 Å². The summed E-state index contributed by atoms with van der Waals surface area (Å²) in [5.41, 5.74) is 9.47. The van der Waals surface area contributed by atoms with Crippen molar-refractivity contribution in [3.8, 4) is 39.9 Å². The molecule has 0 aliphatic carbocycles. The van der Waals surface area contributed by atoms with Crippen LogP contribution in [0.4, 0.5) is 0 Å². The van der Waals surface area contributed by atoms with Gasteiger partial charge in [-0.25, -0.2) is 4.98 Å². The van der Waals surface area contributed by atoms with Gasteiger partial charge in [0.1, 0.15) is 22.3 Å². The largest absolute Gasteiger partial charge is 0.456 e. The molecule has 7 aromatic carbocycles. The first-order chi connectivity index (χ1) is 25.2. The third-order valence-corrected chi connectivity index (χ3v) is 9.88. The topological polar surface area (TPSA) is 69.9 Å². The maximum absolute atomic E-state index is 6.46. The van der Waals surface area contributed by atoms with Crippen molar-refractivity contribution in [3.05, 3.63) is 158 Å². The molecule has 238 valence electrons. The van der Waals surface area contributed by atoms with Crippen LogP contribution in [0.2, 0.25) is 0 Å². The fourth-order valence-electron chi connectivity index (χ4n) is 7.45. The fraction of sp³-hybridized carbons (Fsp3) is 0. The first-order valence-corrected chi connectivity index (χ1v) is 16.9. The second-order valence-corrected chi connectivity index (χ2v) is 12.9. The Hall–Kier alpha value is -7.05. The molecule has 0 radical (unpaired) electrons. The van der Waals surface area contributed by atoms with Crippen molar-refractivity contribution in [2.75, 3.05) is 0 Å². The minimum atomic E-state index is 0.563. The van der Waals surface area contributed by atoms with E-state index in [0.29, 0.717) is 17.6 Å². The summed E-state index contributed by atoms with van der Waals surface area (Å²) in [6, 6.07) is 54.0. The Kier molecular flexibility index (Phi) is 5.86. The van der Waals surface area contributed by atoms with Crippen LogP contribution in [0, 0.1) is 0 Å². The highest BCUT2D eigenvalue weighted by Crippen LogP contribution is 2.38. The highest BCUT2D eigenvalue weighted by Gasteiger charge is 2.19. The standard InChI is InChI=1S/C45H26N4O2/c1-2-10-27(11-3-1)43-46-44(48-45(47-43)49-37-15-7-4-12-31(37)32-13-5-8-16-38(32)49)30-18-21-34-36-25-29(20-23-41(36)51-42(34)26-30)28-19-22-40-35(24-28)33-14-6-9-17-39(33)50-40/h1-26H. The third-order valence-electron chi connectivity index (χ3n) is 9.88. The van der Waals surface area contributed by atoms with Crippen molar-refractivity contribution in [3.63, 3.8) is 0 Å². The molecule has 0 spiro atoms. The molecule has 0 aliphatic rings. The van der Waals surface area contributed by atoms with Gasteiger partial charge in [-0.05, 0) is 65.7 Å². The molecule has 4 heterocycles. The van der Waals surface area contributed by atoms with Crippen LogP contribution in [0.15, 0.2) is 167 Å². The minimum absolute atomic E-state index is 0.563. The first-order valence-electron chi connectivity index (χ1n) is 16.9. The Balaban J connectivity index is 1.06. The van der Waals surface area contributed by atoms with E-state index in [9.17, 15) is 0 Å². The molecule has 0 aliphatic heterocycles. The number of fused-ring (bicyclic) bond motifs is 9. The van der Waals surface area contributed by atoms with E-state index in [1.165, 1.54) is 0 Å². The Labute approximate surface area is 290 Å². The number of para-hydroxylation sites is 3. The first kappa shape index (κ1) is 27.9. The minimum Gasteiger partial charge on any atom is -0.456 e. The van der Waals surface area contributed by atoms with E-state index in [1.807, 2.05) is 54.6 Å². The molecule has 11 aromatic rings. The molecule has 0 N–H and O–H groups in total. The number of aromatic nitrogens is 4. The third kappa shape index (κ3) is 4.33. The molecule has 0 amide bonds. The van der Waals surface area contributed by atoms with Crippen LogP contribution in [-0.2, 0) is 0 Å². The molecule has 0 saturated carbocycles. The van der Waals surface area contributed by atoms with E-state index in [2.05, 4.69) is 108 Å². The molecule has 0 fully saturated rings. The number of hydrogen-bond acceptors (Lipinski definition) is 5. The van der Waals surface area contributed by atoms with Crippen molar-refractivity contribution in [2.24, 2.45) is 0 Å². The van der Waals surface area contributed by atoms with E-state index < -0.39 is 0 Å². The number of nitrogens with zero attached hydrogens (tertiary/aromatic N) is 4. The molecule has 6 nitrogen and oxygen atoms in total. The summed E-state index contributed by atoms with van der Waals surface area (Å²) in [5, 5.41) is 6.61. The molecule has 0 unspecified atom stereocenters. The van der Waals surface area contributed by atoms with Crippen LogP contribution >= 0.6 is 0 Å². The van der Waals surface area contributed by atoms with Crippen molar-refractivity contribution >= 4 is 65.7 Å². The molecule has 11 rings (SSSR count). The zero-order valence-corrected chi connectivity index (χ0v) is 27.1. The number of rotatable bonds is 4. The lowest BCUT2D eigenvalue weighted by molar-refractivity contribution is 0.668. The van der Waals surface area contributed by atoms with Gasteiger partial charge < -0.3 is 8.83 Å². The summed E-state index contributed by atoms with van der Waals surface area (Å²) in [6.07, 6.45) is 0. The Bertz CT molecular complexity index is 3100. The Morgan fingerprint density at radius 1 is 0.333 bits per heavy atom. The zero-order valence-electron chi connectivity index (χ0n) is 27.1. The number of benzene rings is 7. The van der Waals surface area contributed by atoms with E-state index in [-0.39, 0.29) is 0 Å². The highest BCUT2D eigenvalue weighted by atomic mass is 16.3. The van der Waals surface area contributed by atoms with Gasteiger partial charge >= 0.3 is 0 Å². The molecular formula is C45H26N4O2. The monoisotopic (exact) mass is 654 g/mol. The molecule has 0 bridgehead atoms. The van der Waals surface area contributed by atoms with Gasteiger partial charge in [-0.1, -0.05) is 103 Å². The molecule has 51 heavy (non-hydrogen) atoms. The number of hydrogen-bond donors (Lipinski definition) is 0. The van der Waals surface area contributed by atoms with E-state index >= 15 is 0 Å². The summed E-state index contributed by atoms with van der Waals surface area (Å²) >= 11 is 0. The van der Waals surface area contributed by atoms with Crippen LogP contribution in [0.3, 0.4) is 0 Å². The maximum atomic E-state index is 6.46. The van der Waals surface area contributed by atoms with Crippen molar-refractivity contribution in [1.82, 2.24) is 19.5 Å². The van der Waals surface area contributed by atoms with Gasteiger partial charge in [0.2, 0.25) is 5.95 Å². The van der Waals surface area contributed by atoms with Crippen LogP contribution < -0.4 is 0 Å². The normalized spacial score (nSPS) is 11.9. The van der Waals surface area contributed by atoms with Gasteiger partial charge in [0, 0.05) is 43.4 Å². The van der Waals surface area contributed by atoms with Crippen LogP contribution in [0.25, 0.3) is 106 Å². The summed E-state index contributed by atoms with van der Waals surface area (Å²) in [5.74, 6) is 1.74. The van der Waals surface area contributed by atoms with Gasteiger partial charge in [0.25, 0.3) is 0 Å². The highest BCUT2D eigenvalue weighted by molar-refractivity contribution is 6.10. The molecule has 0 saturated heterocycles. The Morgan fingerprint density at radius 2 is 0.843 bits per heavy atom. The van der Waals surface area contributed by atoms with Gasteiger partial charge in [0.05, 0.1) is 11.0 Å². The van der Waals surface area contributed by atoms with Crippen molar-refractivity contribution < 1.29 is 8.83 Å². The van der Waals surface area contributed by atoms with Gasteiger partial charge in [-0.2, -0.15) is 9.97 Å². The van der Waals surface area contributed by atoms with Crippen molar-refractivity contribution in [2.45, 2.75) is 0 Å². The summed E-state index contributed by atoms with van der Waals surface area (Å²) in [4.78, 5) is 15.2. The second-order valence-electron chi connectivity index (χ2n) is 12.9. The maximum Gasteiger partial charge on any atom is 0.238 e. The molecular weight excluding hydrogens is 629 g/mol. The predicted molar refractivity (Wildman–Crippen MR) is 205 cm³/mol. The number of furan rings is 2. The average molecular weight is 655 g/mol. The lowest BCUT2D eigenvalue weighted by atomic mass is 10.0.